The predicted octanol–water partition coefficient (Wildman–Crippen LogP) is 3.01. The molecule has 3 rings (SSSR count). The van der Waals surface area contributed by atoms with Crippen LogP contribution in [0.5, 0.6) is 0 Å². The first-order chi connectivity index (χ1) is 13.6. The number of aliphatic hydroxyl groups excluding tert-OH is 1. The summed E-state index contributed by atoms with van der Waals surface area (Å²) in [6, 6.07) is 18.2. The van der Waals surface area contributed by atoms with Crippen LogP contribution in [0.1, 0.15) is 34.2 Å². The van der Waals surface area contributed by atoms with Gasteiger partial charge < -0.3 is 10.1 Å². The number of halogens is 1. The standard InChI is InChI=1S/C21H21ClN2O4S/c1-21(29(23,27)28,14-7-3-2-4-8-14)19(25)13-15-11-12-18(24-15)20(26)16-9-5-6-10-17(16)22/h2-12,19,24-25H,13H2,1H3,(H2,23,27,28). The van der Waals surface area contributed by atoms with Gasteiger partial charge in [-0.1, -0.05) is 54.1 Å². The lowest BCUT2D eigenvalue weighted by atomic mass is 9.91. The van der Waals surface area contributed by atoms with Gasteiger partial charge in [0.15, 0.2) is 0 Å². The third-order valence-electron chi connectivity index (χ3n) is 5.10. The van der Waals surface area contributed by atoms with Crippen LogP contribution >= 0.6 is 11.6 Å². The topological polar surface area (TPSA) is 113 Å². The summed E-state index contributed by atoms with van der Waals surface area (Å²) in [6.07, 6.45) is -1.39. The third-order valence-corrected chi connectivity index (χ3v) is 7.12. The first-order valence-electron chi connectivity index (χ1n) is 8.87. The quantitative estimate of drug-likeness (QED) is 0.498. The molecule has 0 amide bonds. The summed E-state index contributed by atoms with van der Waals surface area (Å²) in [5, 5.41) is 16.6. The lowest BCUT2D eigenvalue weighted by molar-refractivity contribution is 0.103. The molecule has 0 saturated heterocycles. The smallest absolute Gasteiger partial charge is 0.221 e. The van der Waals surface area contributed by atoms with Crippen molar-refractivity contribution in [3.05, 3.63) is 94.3 Å². The van der Waals surface area contributed by atoms with Crippen LogP contribution in [0.3, 0.4) is 0 Å². The predicted molar refractivity (Wildman–Crippen MR) is 112 cm³/mol. The minimum Gasteiger partial charge on any atom is -0.391 e. The minimum atomic E-state index is -4.14. The molecule has 0 saturated carbocycles. The van der Waals surface area contributed by atoms with Gasteiger partial charge in [-0.3, -0.25) is 4.79 Å². The SMILES string of the molecule is CC(c1ccccc1)(C(O)Cc1ccc(C(=O)c2ccccc2Cl)[nH]1)S(N)(=O)=O. The second-order valence-corrected chi connectivity index (χ2v) is 9.29. The molecule has 8 heteroatoms. The first kappa shape index (κ1) is 21.3. The Morgan fingerprint density at radius 1 is 1.10 bits per heavy atom. The van der Waals surface area contributed by atoms with Crippen LogP contribution in [-0.2, 0) is 21.2 Å². The van der Waals surface area contributed by atoms with Crippen molar-refractivity contribution >= 4 is 27.4 Å². The molecule has 0 aliphatic heterocycles. The molecule has 0 radical (unpaired) electrons. The van der Waals surface area contributed by atoms with Gasteiger partial charge in [-0.15, -0.1) is 0 Å². The van der Waals surface area contributed by atoms with Gasteiger partial charge in [0.1, 0.15) is 4.75 Å². The fourth-order valence-corrected chi connectivity index (χ4v) is 4.35. The van der Waals surface area contributed by atoms with E-state index in [4.69, 9.17) is 16.7 Å². The maximum atomic E-state index is 12.6. The molecule has 0 bridgehead atoms. The number of H-pyrrole nitrogens is 1. The van der Waals surface area contributed by atoms with Gasteiger partial charge in [0, 0.05) is 17.7 Å². The number of ketones is 1. The van der Waals surface area contributed by atoms with Crippen molar-refractivity contribution in [2.24, 2.45) is 5.14 Å². The number of aliphatic hydroxyl groups is 1. The van der Waals surface area contributed by atoms with Crippen LogP contribution in [0, 0.1) is 0 Å². The summed E-state index contributed by atoms with van der Waals surface area (Å²) >= 11 is 6.08. The van der Waals surface area contributed by atoms with Crippen molar-refractivity contribution in [1.82, 2.24) is 4.98 Å². The van der Waals surface area contributed by atoms with E-state index in [9.17, 15) is 18.3 Å². The first-order valence-corrected chi connectivity index (χ1v) is 10.8. The van der Waals surface area contributed by atoms with Crippen LogP contribution in [0.25, 0.3) is 0 Å². The highest BCUT2D eigenvalue weighted by molar-refractivity contribution is 7.90. The monoisotopic (exact) mass is 432 g/mol. The van der Waals surface area contributed by atoms with E-state index in [-0.39, 0.29) is 17.9 Å². The van der Waals surface area contributed by atoms with Gasteiger partial charge in [-0.2, -0.15) is 0 Å². The summed E-state index contributed by atoms with van der Waals surface area (Å²) in [7, 11) is -4.14. The van der Waals surface area contributed by atoms with E-state index in [1.165, 1.54) is 6.92 Å². The molecule has 4 N–H and O–H groups in total. The molecule has 0 aliphatic rings. The molecule has 0 spiro atoms. The zero-order chi connectivity index (χ0) is 21.2. The minimum absolute atomic E-state index is 0.0440. The number of nitrogens with one attached hydrogen (secondary N) is 1. The Balaban J connectivity index is 1.88. The van der Waals surface area contributed by atoms with Crippen molar-refractivity contribution < 1.29 is 18.3 Å². The maximum absolute atomic E-state index is 12.6. The van der Waals surface area contributed by atoms with Gasteiger partial charge >= 0.3 is 0 Å². The van der Waals surface area contributed by atoms with E-state index in [0.717, 1.165) is 0 Å². The zero-order valence-corrected chi connectivity index (χ0v) is 17.2. The van der Waals surface area contributed by atoms with E-state index in [1.54, 1.807) is 66.7 Å². The van der Waals surface area contributed by atoms with E-state index in [2.05, 4.69) is 4.98 Å². The van der Waals surface area contributed by atoms with Gasteiger partial charge in [-0.05, 0) is 36.8 Å². The summed E-state index contributed by atoms with van der Waals surface area (Å²) < 4.78 is 23.0. The molecule has 0 aliphatic carbocycles. The number of primary sulfonamides is 1. The highest BCUT2D eigenvalue weighted by Gasteiger charge is 2.45. The number of aromatic amines is 1. The Kier molecular flexibility index (Phi) is 5.95. The molecule has 6 nitrogen and oxygen atoms in total. The largest absolute Gasteiger partial charge is 0.391 e. The molecule has 2 unspecified atom stereocenters. The molecule has 29 heavy (non-hydrogen) atoms. The van der Waals surface area contributed by atoms with E-state index in [0.29, 0.717) is 21.8 Å². The number of rotatable bonds is 7. The maximum Gasteiger partial charge on any atom is 0.221 e. The van der Waals surface area contributed by atoms with Crippen LogP contribution in [0.15, 0.2) is 66.7 Å². The molecular weight excluding hydrogens is 412 g/mol. The van der Waals surface area contributed by atoms with Gasteiger partial charge in [-0.25, -0.2) is 13.6 Å². The molecule has 1 heterocycles. The molecule has 152 valence electrons. The van der Waals surface area contributed by atoms with E-state index >= 15 is 0 Å². The number of carbonyl (C=O) groups is 1. The molecular formula is C21H21ClN2O4S. The molecule has 2 atom stereocenters. The van der Waals surface area contributed by atoms with Crippen molar-refractivity contribution in [1.29, 1.82) is 0 Å². The van der Waals surface area contributed by atoms with Gasteiger partial charge in [0.05, 0.1) is 16.8 Å². The van der Waals surface area contributed by atoms with Gasteiger partial charge in [0.25, 0.3) is 0 Å². The van der Waals surface area contributed by atoms with Crippen molar-refractivity contribution in [3.8, 4) is 0 Å². The van der Waals surface area contributed by atoms with Crippen LogP contribution < -0.4 is 5.14 Å². The Labute approximate surface area is 174 Å². The van der Waals surface area contributed by atoms with E-state index in [1.807, 2.05) is 0 Å². The second-order valence-electron chi connectivity index (χ2n) is 6.94. The number of sulfonamides is 1. The van der Waals surface area contributed by atoms with Crippen molar-refractivity contribution in [3.63, 3.8) is 0 Å². The Hall–Kier alpha value is -2.45. The number of hydrogen-bond donors (Lipinski definition) is 3. The number of nitrogens with two attached hydrogens (primary N) is 1. The number of benzene rings is 2. The molecule has 0 fully saturated rings. The summed E-state index contributed by atoms with van der Waals surface area (Å²) in [5.74, 6) is -0.298. The number of carbonyl (C=O) groups excluding carboxylic acids is 1. The molecule has 1 aromatic heterocycles. The van der Waals surface area contributed by atoms with Crippen LogP contribution in [0.4, 0.5) is 0 Å². The van der Waals surface area contributed by atoms with Crippen LogP contribution in [-0.4, -0.2) is 30.4 Å². The van der Waals surface area contributed by atoms with E-state index < -0.39 is 20.9 Å². The lowest BCUT2D eigenvalue weighted by Crippen LogP contribution is -2.48. The number of aromatic nitrogens is 1. The Morgan fingerprint density at radius 3 is 2.34 bits per heavy atom. The lowest BCUT2D eigenvalue weighted by Gasteiger charge is -2.32. The summed E-state index contributed by atoms with van der Waals surface area (Å²) in [5.41, 5.74) is 1.52. The zero-order valence-electron chi connectivity index (χ0n) is 15.7. The average Bonchev–Trinajstić information content (AvgIpc) is 3.15. The fraction of sp³-hybridized carbons (Fsp3) is 0.190. The third kappa shape index (κ3) is 4.13. The fourth-order valence-electron chi connectivity index (χ4n) is 3.20. The molecule has 3 aromatic rings. The second kappa shape index (κ2) is 8.12. The normalized spacial score (nSPS) is 14.9. The number of hydrogen-bond acceptors (Lipinski definition) is 4. The molecule has 2 aromatic carbocycles. The van der Waals surface area contributed by atoms with Crippen molar-refractivity contribution in [2.75, 3.05) is 0 Å². The Bertz CT molecular complexity index is 1130. The average molecular weight is 433 g/mol. The van der Waals surface area contributed by atoms with Crippen LogP contribution in [0.2, 0.25) is 5.02 Å². The highest BCUT2D eigenvalue weighted by Crippen LogP contribution is 2.33. The summed E-state index contributed by atoms with van der Waals surface area (Å²) in [4.78, 5) is 15.6. The van der Waals surface area contributed by atoms with Gasteiger partial charge in [0.2, 0.25) is 15.8 Å². The summed E-state index contributed by atoms with van der Waals surface area (Å²) in [6.45, 7) is 1.39. The Morgan fingerprint density at radius 2 is 1.72 bits per heavy atom. The van der Waals surface area contributed by atoms with Crippen molar-refractivity contribution in [2.45, 2.75) is 24.2 Å². The highest BCUT2D eigenvalue weighted by atomic mass is 35.5.